The number of rotatable bonds is 4. The topological polar surface area (TPSA) is 18.5 Å². The van der Waals surface area contributed by atoms with E-state index in [2.05, 4.69) is 93.8 Å². The summed E-state index contributed by atoms with van der Waals surface area (Å²) in [4.78, 5) is 0. The van der Waals surface area contributed by atoms with Gasteiger partial charge in [-0.2, -0.15) is 0 Å². The van der Waals surface area contributed by atoms with Gasteiger partial charge in [0.25, 0.3) is 0 Å². The van der Waals surface area contributed by atoms with E-state index in [1.807, 2.05) is 0 Å². The molecule has 0 spiro atoms. The molecule has 1 saturated carbocycles. The number of benzene rings is 2. The number of hydrogen-bond donors (Lipinski definition) is 0. The van der Waals surface area contributed by atoms with Gasteiger partial charge in [-0.1, -0.05) is 60.7 Å². The highest BCUT2D eigenvalue weighted by Gasteiger charge is 2.46. The van der Waals surface area contributed by atoms with Gasteiger partial charge in [0, 0.05) is 11.6 Å². The van der Waals surface area contributed by atoms with Crippen molar-refractivity contribution in [1.29, 1.82) is 0 Å². The van der Waals surface area contributed by atoms with Crippen molar-refractivity contribution in [2.75, 3.05) is 0 Å². The highest BCUT2D eigenvalue weighted by molar-refractivity contribution is 7.76. The normalized spacial score (nSPS) is 25.9. The predicted molar refractivity (Wildman–Crippen MR) is 103 cm³/mol. The molecule has 2 atom stereocenters. The Bertz CT molecular complexity index is 625. The zero-order valence-corrected chi connectivity index (χ0v) is 15.4. The second kappa shape index (κ2) is 7.58. The summed E-state index contributed by atoms with van der Waals surface area (Å²) in [6, 6.07) is 21.5. The van der Waals surface area contributed by atoms with Crippen molar-refractivity contribution in [1.82, 2.24) is 0 Å². The maximum atomic E-state index is 6.07. The minimum atomic E-state index is -0.634. The lowest BCUT2D eigenvalue weighted by molar-refractivity contribution is -0.0447. The van der Waals surface area contributed by atoms with Crippen LogP contribution in [-0.2, 0) is 9.47 Å². The first-order valence-electron chi connectivity index (χ1n) is 8.71. The Labute approximate surface area is 152 Å². The van der Waals surface area contributed by atoms with E-state index in [1.165, 1.54) is 16.3 Å². The van der Waals surface area contributed by atoms with Gasteiger partial charge in [-0.25, -0.2) is 0 Å². The summed E-state index contributed by atoms with van der Waals surface area (Å²) in [5.74, 6) is 1.16. The average Bonchev–Trinajstić information content (AvgIpc) is 3.24. The molecule has 0 aromatic heterocycles. The summed E-state index contributed by atoms with van der Waals surface area (Å²) in [6.07, 6.45) is 6.45. The molecule has 0 N–H and O–H groups in total. The zero-order chi connectivity index (χ0) is 17.2. The molecule has 5 radical (unpaired) electrons. The quantitative estimate of drug-likeness (QED) is 0.777. The molecule has 0 unspecified atom stereocenters. The first-order valence-corrected chi connectivity index (χ1v) is 10.0. The lowest BCUT2D eigenvalue weighted by Crippen LogP contribution is -2.27. The third-order valence-corrected chi connectivity index (χ3v) is 7.20. The van der Waals surface area contributed by atoms with Crippen molar-refractivity contribution >= 4 is 18.5 Å². The third-order valence-electron chi connectivity index (χ3n) is 4.69. The van der Waals surface area contributed by atoms with Gasteiger partial charge in [0.15, 0.2) is 6.29 Å². The molecule has 2 fully saturated rings. The van der Waals surface area contributed by atoms with Crippen LogP contribution < -0.4 is 10.6 Å². The standard InChI is InChI=1S/C22H22O2P/c1-16-17(2)24-22(23-16)20-14-9-15-21(20)25(18-10-5-3-6-11-18)19-12-7-4-8-13-19/h3-17,22H,1-2H3/t16-,17-/m1/s1. The van der Waals surface area contributed by atoms with Crippen molar-refractivity contribution < 1.29 is 9.47 Å². The fourth-order valence-corrected chi connectivity index (χ4v) is 5.67. The summed E-state index contributed by atoms with van der Waals surface area (Å²) < 4.78 is 12.1. The van der Waals surface area contributed by atoms with E-state index >= 15 is 0 Å². The van der Waals surface area contributed by atoms with Crippen LogP contribution in [0.4, 0.5) is 0 Å². The maximum Gasteiger partial charge on any atom is 0.166 e. The Hall–Kier alpha value is -1.21. The third kappa shape index (κ3) is 3.53. The van der Waals surface area contributed by atoms with E-state index in [-0.39, 0.29) is 18.5 Å². The molecule has 2 aliphatic rings. The van der Waals surface area contributed by atoms with Crippen LogP contribution in [0, 0.1) is 30.8 Å². The molecule has 2 nitrogen and oxygen atoms in total. The van der Waals surface area contributed by atoms with Crippen molar-refractivity contribution in [2.45, 2.75) is 32.3 Å². The summed E-state index contributed by atoms with van der Waals surface area (Å²) in [5.41, 5.74) is 1.32. The van der Waals surface area contributed by atoms with Crippen molar-refractivity contribution in [2.24, 2.45) is 0 Å². The summed E-state index contributed by atoms with van der Waals surface area (Å²) >= 11 is 0. The van der Waals surface area contributed by atoms with Crippen LogP contribution >= 0.6 is 7.92 Å². The highest BCUT2D eigenvalue weighted by atomic mass is 31.1. The molecule has 1 aliphatic heterocycles. The monoisotopic (exact) mass is 349 g/mol. The van der Waals surface area contributed by atoms with Gasteiger partial charge in [-0.3, -0.25) is 0 Å². The maximum absolute atomic E-state index is 6.07. The highest BCUT2D eigenvalue weighted by Crippen LogP contribution is 2.57. The molecule has 0 bridgehead atoms. The second-order valence-corrected chi connectivity index (χ2v) is 8.57. The van der Waals surface area contributed by atoms with E-state index in [0.717, 1.165) is 5.92 Å². The Morgan fingerprint density at radius 1 is 0.720 bits per heavy atom. The SMILES string of the molecule is C[C@H]1OC([C]2[CH][CH][CH][C]2P(c2ccccc2)c2ccccc2)O[C@@H]1C. The smallest absolute Gasteiger partial charge is 0.166 e. The van der Waals surface area contributed by atoms with Gasteiger partial charge in [-0.05, 0) is 51.6 Å². The Morgan fingerprint density at radius 3 is 1.76 bits per heavy atom. The molecule has 2 aromatic rings. The van der Waals surface area contributed by atoms with Crippen LogP contribution in [0.25, 0.3) is 0 Å². The van der Waals surface area contributed by atoms with Crippen LogP contribution in [0.1, 0.15) is 13.8 Å². The van der Waals surface area contributed by atoms with Crippen LogP contribution in [0.15, 0.2) is 60.7 Å². The molecule has 25 heavy (non-hydrogen) atoms. The predicted octanol–water partition coefficient (Wildman–Crippen LogP) is 4.00. The van der Waals surface area contributed by atoms with Crippen molar-refractivity contribution in [3.63, 3.8) is 0 Å². The molecule has 4 rings (SSSR count). The summed E-state index contributed by atoms with van der Waals surface area (Å²) in [7, 11) is -0.634. The van der Waals surface area contributed by atoms with Crippen LogP contribution in [0.5, 0.6) is 0 Å². The minimum absolute atomic E-state index is 0.118. The molecule has 3 heteroatoms. The van der Waals surface area contributed by atoms with E-state index in [1.54, 1.807) is 0 Å². The number of hydrogen-bond acceptors (Lipinski definition) is 2. The lowest BCUT2D eigenvalue weighted by atomic mass is 10.1. The molecule has 127 valence electrons. The minimum Gasteiger partial charge on any atom is -0.346 e. The van der Waals surface area contributed by atoms with Gasteiger partial charge in [0.1, 0.15) is 0 Å². The van der Waals surface area contributed by atoms with Crippen LogP contribution in [0.3, 0.4) is 0 Å². The lowest BCUT2D eigenvalue weighted by Gasteiger charge is -2.31. The van der Waals surface area contributed by atoms with Gasteiger partial charge in [0.05, 0.1) is 12.2 Å². The van der Waals surface area contributed by atoms with E-state index in [0.29, 0.717) is 0 Å². The number of ether oxygens (including phenoxy) is 2. The second-order valence-electron chi connectivity index (χ2n) is 6.39. The fraction of sp³-hybridized carbons (Fsp3) is 0.227. The molecule has 1 aliphatic carbocycles. The van der Waals surface area contributed by atoms with Gasteiger partial charge >= 0.3 is 0 Å². The Kier molecular flexibility index (Phi) is 5.22. The summed E-state index contributed by atoms with van der Waals surface area (Å²) in [5, 5.41) is 2.69. The molecular weight excluding hydrogens is 327 g/mol. The summed E-state index contributed by atoms with van der Waals surface area (Å²) in [6.45, 7) is 4.15. The van der Waals surface area contributed by atoms with Gasteiger partial charge in [0.2, 0.25) is 0 Å². The van der Waals surface area contributed by atoms with Crippen LogP contribution in [0.2, 0.25) is 0 Å². The first-order chi connectivity index (χ1) is 12.2. The molecule has 1 heterocycles. The van der Waals surface area contributed by atoms with Gasteiger partial charge in [-0.15, -0.1) is 0 Å². The first kappa shape index (κ1) is 17.2. The van der Waals surface area contributed by atoms with E-state index in [4.69, 9.17) is 9.47 Å². The Balaban J connectivity index is 1.67. The van der Waals surface area contributed by atoms with Crippen molar-refractivity contribution in [3.05, 3.63) is 91.5 Å². The largest absolute Gasteiger partial charge is 0.346 e. The molecule has 0 amide bonds. The van der Waals surface area contributed by atoms with E-state index in [9.17, 15) is 0 Å². The van der Waals surface area contributed by atoms with E-state index < -0.39 is 7.92 Å². The Morgan fingerprint density at radius 2 is 1.24 bits per heavy atom. The van der Waals surface area contributed by atoms with Gasteiger partial charge < -0.3 is 9.47 Å². The fourth-order valence-electron chi connectivity index (χ4n) is 3.20. The molecular formula is C22H22O2P. The molecule has 2 aromatic carbocycles. The zero-order valence-electron chi connectivity index (χ0n) is 14.5. The molecule has 1 saturated heterocycles. The van der Waals surface area contributed by atoms with Crippen molar-refractivity contribution in [3.8, 4) is 0 Å². The van der Waals surface area contributed by atoms with Crippen LogP contribution in [-0.4, -0.2) is 18.5 Å². The average molecular weight is 349 g/mol.